The molecule has 1 unspecified atom stereocenters. The first-order valence-electron chi connectivity index (χ1n) is 16.7. The van der Waals surface area contributed by atoms with E-state index in [4.69, 9.17) is 9.41 Å². The third-order valence-corrected chi connectivity index (χ3v) is 9.84. The van der Waals surface area contributed by atoms with E-state index in [9.17, 15) is 5.26 Å². The third kappa shape index (κ3) is 4.29. The van der Waals surface area contributed by atoms with Crippen molar-refractivity contribution in [1.82, 2.24) is 4.57 Å². The number of benzene rings is 7. The van der Waals surface area contributed by atoms with Gasteiger partial charge in [0.1, 0.15) is 17.0 Å². The lowest BCUT2D eigenvalue weighted by molar-refractivity contribution is 0.670. The van der Waals surface area contributed by atoms with Crippen LogP contribution in [0.25, 0.3) is 60.6 Å². The Bertz CT molecular complexity index is 2820. The van der Waals surface area contributed by atoms with Crippen LogP contribution in [-0.4, -0.2) is 10.4 Å². The molecule has 0 saturated carbocycles. The van der Waals surface area contributed by atoms with Gasteiger partial charge < -0.3 is 8.98 Å². The zero-order chi connectivity index (χ0) is 33.2. The van der Waals surface area contributed by atoms with Gasteiger partial charge in [0.05, 0.1) is 22.7 Å². The normalized spacial score (nSPS) is 14.3. The van der Waals surface area contributed by atoms with E-state index < -0.39 is 0 Å². The molecule has 234 valence electrons. The summed E-state index contributed by atoms with van der Waals surface area (Å²) in [4.78, 5) is 7.37. The quantitative estimate of drug-likeness (QED) is 0.188. The average molecular weight is 641 g/mol. The maximum Gasteiger partial charge on any atom is 0.154 e. The molecule has 5 heteroatoms. The molecule has 9 aromatic rings. The summed E-state index contributed by atoms with van der Waals surface area (Å²) in [5.41, 5.74) is 11.0. The SMILES string of the molecule is N#Cc1ccc2c(c1)c1cc(-c3cccc4c3oc3ccccc34)ccc1n2-c1ccc(N2C(c3ccccc3)=NC2c2ccccc2)cc1. The minimum absolute atomic E-state index is 0.0930. The van der Waals surface area contributed by atoms with Crippen molar-refractivity contribution < 1.29 is 4.42 Å². The maximum atomic E-state index is 9.85. The number of aromatic nitrogens is 1. The maximum absolute atomic E-state index is 9.85. The molecule has 0 bridgehead atoms. The van der Waals surface area contributed by atoms with Crippen molar-refractivity contribution in [2.75, 3.05) is 4.90 Å². The third-order valence-electron chi connectivity index (χ3n) is 9.84. The summed E-state index contributed by atoms with van der Waals surface area (Å²) in [6, 6.07) is 58.9. The number of anilines is 1. The molecule has 0 saturated heterocycles. The van der Waals surface area contributed by atoms with E-state index in [1.54, 1.807) is 0 Å². The Kier molecular flexibility index (Phi) is 6.24. The fourth-order valence-corrected chi connectivity index (χ4v) is 7.48. The van der Waals surface area contributed by atoms with Gasteiger partial charge in [-0.15, -0.1) is 0 Å². The van der Waals surface area contributed by atoms with Crippen LogP contribution >= 0.6 is 0 Å². The van der Waals surface area contributed by atoms with Crippen LogP contribution in [0.2, 0.25) is 0 Å². The minimum atomic E-state index is -0.0930. The van der Waals surface area contributed by atoms with Gasteiger partial charge in [-0.25, -0.2) is 4.99 Å². The van der Waals surface area contributed by atoms with E-state index in [0.717, 1.165) is 83.2 Å². The fraction of sp³-hybridized carbons (Fsp3) is 0.0222. The summed E-state index contributed by atoms with van der Waals surface area (Å²) in [6.07, 6.45) is -0.0930. The molecule has 50 heavy (non-hydrogen) atoms. The van der Waals surface area contributed by atoms with E-state index in [-0.39, 0.29) is 6.17 Å². The van der Waals surface area contributed by atoms with Crippen LogP contribution in [0.1, 0.15) is 22.9 Å². The van der Waals surface area contributed by atoms with Crippen LogP contribution in [0.3, 0.4) is 0 Å². The number of furan rings is 1. The number of nitriles is 1. The first kappa shape index (κ1) is 28.1. The van der Waals surface area contributed by atoms with Crippen molar-refractivity contribution in [3.8, 4) is 22.9 Å². The Balaban J connectivity index is 1.10. The van der Waals surface area contributed by atoms with Gasteiger partial charge in [-0.3, -0.25) is 4.90 Å². The monoisotopic (exact) mass is 640 g/mol. The molecule has 3 heterocycles. The second-order valence-corrected chi connectivity index (χ2v) is 12.7. The molecule has 0 N–H and O–H groups in total. The van der Waals surface area contributed by atoms with Gasteiger partial charge in [-0.2, -0.15) is 5.26 Å². The van der Waals surface area contributed by atoms with Crippen LogP contribution in [0.4, 0.5) is 5.69 Å². The summed E-state index contributed by atoms with van der Waals surface area (Å²) < 4.78 is 8.69. The van der Waals surface area contributed by atoms with Crippen molar-refractivity contribution in [2.45, 2.75) is 6.17 Å². The Labute approximate surface area is 288 Å². The Morgan fingerprint density at radius 1 is 0.560 bits per heavy atom. The van der Waals surface area contributed by atoms with Crippen molar-refractivity contribution in [2.24, 2.45) is 4.99 Å². The average Bonchev–Trinajstić information content (AvgIpc) is 3.71. The van der Waals surface area contributed by atoms with Crippen molar-refractivity contribution in [1.29, 1.82) is 5.26 Å². The highest BCUT2D eigenvalue weighted by Crippen LogP contribution is 2.41. The Morgan fingerprint density at radius 3 is 2.04 bits per heavy atom. The van der Waals surface area contributed by atoms with Gasteiger partial charge >= 0.3 is 0 Å². The highest BCUT2D eigenvalue weighted by atomic mass is 16.3. The summed E-state index contributed by atoms with van der Waals surface area (Å²) >= 11 is 0. The number of rotatable bonds is 5. The lowest BCUT2D eigenvalue weighted by atomic mass is 10.00. The molecule has 0 fully saturated rings. The second kappa shape index (κ2) is 11.1. The molecule has 0 spiro atoms. The number of aliphatic imine (C=N–C) groups is 1. The second-order valence-electron chi connectivity index (χ2n) is 12.7. The fourth-order valence-electron chi connectivity index (χ4n) is 7.48. The predicted molar refractivity (Wildman–Crippen MR) is 203 cm³/mol. The Morgan fingerprint density at radius 2 is 1.24 bits per heavy atom. The number of amidine groups is 1. The number of fused-ring (bicyclic) bond motifs is 6. The van der Waals surface area contributed by atoms with E-state index in [2.05, 4.69) is 137 Å². The zero-order valence-corrected chi connectivity index (χ0v) is 26.9. The predicted octanol–water partition coefficient (Wildman–Crippen LogP) is 11.2. The molecule has 5 nitrogen and oxygen atoms in total. The summed E-state index contributed by atoms with van der Waals surface area (Å²) in [6.45, 7) is 0. The topological polar surface area (TPSA) is 57.5 Å². The lowest BCUT2D eigenvalue weighted by Gasteiger charge is -2.40. The lowest BCUT2D eigenvalue weighted by Crippen LogP contribution is -2.43. The molecular weight excluding hydrogens is 613 g/mol. The highest BCUT2D eigenvalue weighted by Gasteiger charge is 2.34. The van der Waals surface area contributed by atoms with Gasteiger partial charge in [0.2, 0.25) is 0 Å². The first-order valence-corrected chi connectivity index (χ1v) is 16.7. The van der Waals surface area contributed by atoms with Gasteiger partial charge in [-0.05, 0) is 71.8 Å². The molecule has 1 aliphatic rings. The van der Waals surface area contributed by atoms with Gasteiger partial charge in [-0.1, -0.05) is 103 Å². The van der Waals surface area contributed by atoms with Crippen LogP contribution in [-0.2, 0) is 0 Å². The van der Waals surface area contributed by atoms with Gasteiger partial charge in [0.25, 0.3) is 0 Å². The number of nitrogens with zero attached hydrogens (tertiary/aromatic N) is 4. The molecular formula is C45H28N4O. The standard InChI is InChI=1S/C45H28N4O/c46-28-29-18-24-40-38(26-29)39-27-32(35-15-9-16-37-36-14-7-8-17-42(36)50-43(35)37)19-25-41(39)48(40)33-20-22-34(23-21-33)49-44(30-10-3-1-4-11-30)47-45(49)31-12-5-2-6-13-31/h1-27,44H. The minimum Gasteiger partial charge on any atom is -0.455 e. The number of para-hydroxylation sites is 2. The van der Waals surface area contributed by atoms with E-state index in [1.165, 1.54) is 0 Å². The van der Waals surface area contributed by atoms with Crippen LogP contribution in [0.15, 0.2) is 173 Å². The molecule has 0 aliphatic carbocycles. The van der Waals surface area contributed by atoms with Crippen molar-refractivity contribution in [3.05, 3.63) is 180 Å². The van der Waals surface area contributed by atoms with E-state index >= 15 is 0 Å². The number of hydrogen-bond donors (Lipinski definition) is 0. The molecule has 1 aliphatic heterocycles. The zero-order valence-electron chi connectivity index (χ0n) is 26.9. The summed E-state index contributed by atoms with van der Waals surface area (Å²) in [5.74, 6) is 0.958. The number of hydrogen-bond acceptors (Lipinski definition) is 4. The van der Waals surface area contributed by atoms with Gasteiger partial charge in [0.15, 0.2) is 6.17 Å². The van der Waals surface area contributed by atoms with E-state index in [1.807, 2.05) is 42.5 Å². The summed E-state index contributed by atoms with van der Waals surface area (Å²) in [7, 11) is 0. The van der Waals surface area contributed by atoms with E-state index in [0.29, 0.717) is 5.56 Å². The largest absolute Gasteiger partial charge is 0.455 e. The molecule has 0 radical (unpaired) electrons. The van der Waals surface area contributed by atoms with Crippen LogP contribution in [0, 0.1) is 11.3 Å². The summed E-state index contributed by atoms with van der Waals surface area (Å²) in [5, 5.41) is 14.2. The smallest absolute Gasteiger partial charge is 0.154 e. The van der Waals surface area contributed by atoms with Crippen LogP contribution < -0.4 is 4.90 Å². The van der Waals surface area contributed by atoms with Crippen molar-refractivity contribution in [3.63, 3.8) is 0 Å². The van der Waals surface area contributed by atoms with Crippen molar-refractivity contribution >= 4 is 55.3 Å². The molecule has 10 rings (SSSR count). The molecule has 1 atom stereocenters. The van der Waals surface area contributed by atoms with Gasteiger partial charge in [0, 0.05) is 44.0 Å². The molecule has 2 aromatic heterocycles. The Hall–Kier alpha value is -6.90. The molecule has 0 amide bonds. The van der Waals surface area contributed by atoms with Crippen LogP contribution in [0.5, 0.6) is 0 Å². The first-order chi connectivity index (χ1) is 24.7. The molecule has 7 aromatic carbocycles. The highest BCUT2D eigenvalue weighted by molar-refractivity contribution is 6.15.